The van der Waals surface area contributed by atoms with Gasteiger partial charge in [-0.05, 0) is 18.6 Å². The van der Waals surface area contributed by atoms with Gasteiger partial charge in [-0.2, -0.15) is 9.57 Å². The minimum atomic E-state index is -3.70. The van der Waals surface area contributed by atoms with E-state index in [1.165, 1.54) is 23.4 Å². The van der Waals surface area contributed by atoms with Crippen molar-refractivity contribution in [3.63, 3.8) is 0 Å². The van der Waals surface area contributed by atoms with Crippen molar-refractivity contribution < 1.29 is 13.2 Å². The smallest absolute Gasteiger partial charge is 0.244 e. The summed E-state index contributed by atoms with van der Waals surface area (Å²) in [5.41, 5.74) is 0.144. The predicted octanol–water partition coefficient (Wildman–Crippen LogP) is 0.801. The van der Waals surface area contributed by atoms with Crippen molar-refractivity contribution >= 4 is 15.9 Å². The number of benzene rings is 1. The van der Waals surface area contributed by atoms with Gasteiger partial charge in [-0.15, -0.1) is 0 Å². The summed E-state index contributed by atoms with van der Waals surface area (Å²) in [6.07, 6.45) is 0.591. The molecule has 0 saturated carbocycles. The summed E-state index contributed by atoms with van der Waals surface area (Å²) in [6.45, 7) is 3.02. The van der Waals surface area contributed by atoms with Gasteiger partial charge < -0.3 is 4.90 Å². The molecule has 6 nitrogen and oxygen atoms in total. The van der Waals surface area contributed by atoms with Crippen LogP contribution in [0.3, 0.4) is 0 Å². The van der Waals surface area contributed by atoms with Gasteiger partial charge in [0.05, 0.1) is 10.5 Å². The molecule has 112 valence electrons. The number of amides is 1. The number of nitriles is 1. The third kappa shape index (κ3) is 3.23. The molecule has 2 rings (SSSR count). The van der Waals surface area contributed by atoms with E-state index in [1.54, 1.807) is 17.0 Å². The average molecular weight is 307 g/mol. The highest BCUT2D eigenvalue weighted by atomic mass is 32.2. The highest BCUT2D eigenvalue weighted by Gasteiger charge is 2.29. The number of hydrogen-bond donors (Lipinski definition) is 0. The van der Waals surface area contributed by atoms with E-state index in [1.807, 2.05) is 6.07 Å². The van der Waals surface area contributed by atoms with Crippen LogP contribution in [0.5, 0.6) is 0 Å². The second-order valence-corrected chi connectivity index (χ2v) is 6.78. The summed E-state index contributed by atoms with van der Waals surface area (Å²) >= 11 is 0. The molecule has 0 N–H and O–H groups in total. The normalized spacial score (nSPS) is 17.0. The topological polar surface area (TPSA) is 81.5 Å². The van der Waals surface area contributed by atoms with Crippen molar-refractivity contribution in [3.05, 3.63) is 29.8 Å². The molecule has 0 aliphatic carbocycles. The van der Waals surface area contributed by atoms with Gasteiger partial charge in [0, 0.05) is 33.1 Å². The monoisotopic (exact) mass is 307 g/mol. The summed E-state index contributed by atoms with van der Waals surface area (Å²) < 4.78 is 26.7. The van der Waals surface area contributed by atoms with E-state index in [-0.39, 0.29) is 22.9 Å². The zero-order valence-electron chi connectivity index (χ0n) is 11.8. The van der Waals surface area contributed by atoms with Gasteiger partial charge in [0.2, 0.25) is 15.9 Å². The van der Waals surface area contributed by atoms with E-state index < -0.39 is 10.0 Å². The van der Waals surface area contributed by atoms with Crippen LogP contribution < -0.4 is 0 Å². The molecule has 0 unspecified atom stereocenters. The van der Waals surface area contributed by atoms with Crippen LogP contribution in [-0.2, 0) is 14.8 Å². The molecule has 1 amide bonds. The van der Waals surface area contributed by atoms with Crippen LogP contribution in [0.25, 0.3) is 0 Å². The molecule has 21 heavy (non-hydrogen) atoms. The Bertz CT molecular complexity index is 679. The Labute approximate surface area is 124 Å². The Morgan fingerprint density at radius 1 is 1.19 bits per heavy atom. The Morgan fingerprint density at radius 2 is 1.90 bits per heavy atom. The van der Waals surface area contributed by atoms with Crippen molar-refractivity contribution in [1.82, 2.24) is 9.21 Å². The molecular weight excluding hydrogens is 290 g/mol. The molecule has 1 heterocycles. The van der Waals surface area contributed by atoms with E-state index in [2.05, 4.69) is 0 Å². The van der Waals surface area contributed by atoms with Crippen LogP contribution in [0.2, 0.25) is 0 Å². The number of sulfonamides is 1. The van der Waals surface area contributed by atoms with Crippen LogP contribution in [0.4, 0.5) is 0 Å². The number of hydrogen-bond acceptors (Lipinski definition) is 4. The van der Waals surface area contributed by atoms with Crippen molar-refractivity contribution in [2.24, 2.45) is 0 Å². The second-order valence-electron chi connectivity index (χ2n) is 4.87. The Hall–Kier alpha value is -1.91. The Morgan fingerprint density at radius 3 is 2.57 bits per heavy atom. The summed E-state index contributed by atoms with van der Waals surface area (Å²) in [4.78, 5) is 13.1. The van der Waals surface area contributed by atoms with E-state index in [4.69, 9.17) is 5.26 Å². The highest BCUT2D eigenvalue weighted by molar-refractivity contribution is 7.89. The first kappa shape index (κ1) is 15.5. The summed E-state index contributed by atoms with van der Waals surface area (Å²) in [6, 6.07) is 8.09. The molecule has 1 aliphatic heterocycles. The lowest BCUT2D eigenvalue weighted by Gasteiger charge is -2.21. The third-order valence-electron chi connectivity index (χ3n) is 3.53. The zero-order valence-corrected chi connectivity index (χ0v) is 12.6. The highest BCUT2D eigenvalue weighted by Crippen LogP contribution is 2.21. The SMILES string of the molecule is CC(=O)N1CCCN(S(=O)(=O)c2ccccc2C#N)CC1. The van der Waals surface area contributed by atoms with Crippen molar-refractivity contribution in [1.29, 1.82) is 5.26 Å². The molecule has 1 aromatic carbocycles. The van der Waals surface area contributed by atoms with E-state index in [0.29, 0.717) is 26.1 Å². The maximum atomic E-state index is 12.7. The molecule has 1 aliphatic rings. The van der Waals surface area contributed by atoms with E-state index in [9.17, 15) is 13.2 Å². The van der Waals surface area contributed by atoms with Crippen LogP contribution in [0, 0.1) is 11.3 Å². The molecule has 0 aromatic heterocycles. The van der Waals surface area contributed by atoms with Gasteiger partial charge in [-0.25, -0.2) is 8.42 Å². The Kier molecular flexibility index (Phi) is 4.60. The predicted molar refractivity (Wildman–Crippen MR) is 76.8 cm³/mol. The zero-order chi connectivity index (χ0) is 15.5. The minimum absolute atomic E-state index is 0.0313. The molecule has 7 heteroatoms. The fourth-order valence-electron chi connectivity index (χ4n) is 2.37. The van der Waals surface area contributed by atoms with E-state index >= 15 is 0 Å². The van der Waals surface area contributed by atoms with Crippen LogP contribution in [0.15, 0.2) is 29.2 Å². The summed E-state index contributed by atoms with van der Waals surface area (Å²) in [7, 11) is -3.70. The molecule has 1 fully saturated rings. The first-order valence-electron chi connectivity index (χ1n) is 6.71. The second kappa shape index (κ2) is 6.24. The molecular formula is C14H17N3O3S. The fourth-order valence-corrected chi connectivity index (χ4v) is 3.98. The van der Waals surface area contributed by atoms with Crippen molar-refractivity contribution in [3.8, 4) is 6.07 Å². The number of rotatable bonds is 2. The standard InChI is InChI=1S/C14H17N3O3S/c1-12(18)16-7-4-8-17(10-9-16)21(19,20)14-6-3-2-5-13(14)11-15/h2-3,5-6H,4,7-10H2,1H3. The van der Waals surface area contributed by atoms with Gasteiger partial charge in [0.25, 0.3) is 0 Å². The van der Waals surface area contributed by atoms with Gasteiger partial charge in [0.1, 0.15) is 6.07 Å². The van der Waals surface area contributed by atoms with Crippen LogP contribution in [-0.4, -0.2) is 49.7 Å². The largest absolute Gasteiger partial charge is 0.342 e. The Balaban J connectivity index is 2.28. The van der Waals surface area contributed by atoms with Gasteiger partial charge in [-0.1, -0.05) is 12.1 Å². The lowest BCUT2D eigenvalue weighted by molar-refractivity contribution is -0.128. The lowest BCUT2D eigenvalue weighted by Crippen LogP contribution is -2.36. The van der Waals surface area contributed by atoms with Gasteiger partial charge >= 0.3 is 0 Å². The summed E-state index contributed by atoms with van der Waals surface area (Å²) in [5, 5.41) is 9.06. The molecule has 0 bridgehead atoms. The molecule has 0 atom stereocenters. The third-order valence-corrected chi connectivity index (χ3v) is 5.48. The number of carbonyl (C=O) groups is 1. The number of carbonyl (C=O) groups excluding carboxylic acids is 1. The fraction of sp³-hybridized carbons (Fsp3) is 0.429. The van der Waals surface area contributed by atoms with Crippen LogP contribution in [0.1, 0.15) is 18.9 Å². The minimum Gasteiger partial charge on any atom is -0.342 e. The first-order valence-corrected chi connectivity index (χ1v) is 8.15. The molecule has 1 aromatic rings. The lowest BCUT2D eigenvalue weighted by atomic mass is 10.2. The maximum Gasteiger partial charge on any atom is 0.244 e. The molecule has 0 spiro atoms. The summed E-state index contributed by atoms with van der Waals surface area (Å²) in [5.74, 6) is -0.0494. The van der Waals surface area contributed by atoms with Gasteiger partial charge in [0.15, 0.2) is 0 Å². The van der Waals surface area contributed by atoms with Crippen LogP contribution >= 0.6 is 0 Å². The quantitative estimate of drug-likeness (QED) is 0.809. The van der Waals surface area contributed by atoms with E-state index in [0.717, 1.165) is 0 Å². The molecule has 0 radical (unpaired) electrons. The number of nitrogens with zero attached hydrogens (tertiary/aromatic N) is 3. The van der Waals surface area contributed by atoms with Crippen molar-refractivity contribution in [2.75, 3.05) is 26.2 Å². The first-order chi connectivity index (χ1) is 9.96. The maximum absolute atomic E-state index is 12.7. The van der Waals surface area contributed by atoms with Crippen molar-refractivity contribution in [2.45, 2.75) is 18.2 Å². The van der Waals surface area contributed by atoms with Gasteiger partial charge in [-0.3, -0.25) is 4.79 Å². The molecule has 1 saturated heterocycles. The average Bonchev–Trinajstić information content (AvgIpc) is 2.73.